The second-order valence-electron chi connectivity index (χ2n) is 7.00. The number of nitrogens with zero attached hydrogens (tertiary/aromatic N) is 1. The summed E-state index contributed by atoms with van der Waals surface area (Å²) in [6.07, 6.45) is 9.68. The first-order valence-electron chi connectivity index (χ1n) is 9.70. The number of carbonyl (C=O) groups excluding carboxylic acids is 1. The van der Waals surface area contributed by atoms with Gasteiger partial charge in [-0.1, -0.05) is 75.1 Å². The van der Waals surface area contributed by atoms with Crippen LogP contribution >= 0.6 is 23.2 Å². The maximum Gasteiger partial charge on any atom is 0.292 e. The van der Waals surface area contributed by atoms with Crippen molar-refractivity contribution in [2.45, 2.75) is 64.1 Å². The van der Waals surface area contributed by atoms with Gasteiger partial charge in [-0.2, -0.15) is 0 Å². The number of hydrogen-bond acceptors (Lipinski definition) is 3. The molecule has 2 aliphatic heterocycles. The summed E-state index contributed by atoms with van der Waals surface area (Å²) >= 11 is 12.6. The maximum atomic E-state index is 13.1. The number of carbonyl (C=O) groups is 1. The third kappa shape index (κ3) is 3.75. The van der Waals surface area contributed by atoms with Gasteiger partial charge in [0.25, 0.3) is 11.7 Å². The predicted octanol–water partition coefficient (Wildman–Crippen LogP) is 5.68. The molecule has 144 valence electrons. The first-order chi connectivity index (χ1) is 12.6. The molecule has 1 aromatic rings. The molecule has 4 nitrogen and oxygen atoms in total. The lowest BCUT2D eigenvalue weighted by Crippen LogP contribution is -2.41. The smallest absolute Gasteiger partial charge is 0.292 e. The number of hydrogen-bond donors (Lipinski definition) is 0. The number of unbranched alkanes of at least 4 members (excludes halogenated alkanes) is 7. The van der Waals surface area contributed by atoms with Gasteiger partial charge in [-0.05, 0) is 18.6 Å². The highest BCUT2D eigenvalue weighted by molar-refractivity contribution is 6.44. The highest BCUT2D eigenvalue weighted by Crippen LogP contribution is 2.50. The minimum Gasteiger partial charge on any atom is -0.336 e. The fraction of sp³-hybridized carbons (Fsp3) is 0.650. The van der Waals surface area contributed by atoms with Gasteiger partial charge in [-0.3, -0.25) is 4.79 Å². The number of fused-ring (bicyclic) bond motifs is 2. The fourth-order valence-electron chi connectivity index (χ4n) is 3.77. The van der Waals surface area contributed by atoms with E-state index in [9.17, 15) is 4.79 Å². The van der Waals surface area contributed by atoms with Crippen molar-refractivity contribution >= 4 is 34.8 Å². The van der Waals surface area contributed by atoms with Crippen LogP contribution in [0.3, 0.4) is 0 Å². The first kappa shape index (κ1) is 19.9. The predicted molar refractivity (Wildman–Crippen MR) is 105 cm³/mol. The normalized spacial score (nSPS) is 18.1. The summed E-state index contributed by atoms with van der Waals surface area (Å²) in [5.74, 6) is -1.51. The Morgan fingerprint density at radius 2 is 1.62 bits per heavy atom. The molecule has 1 fully saturated rings. The lowest BCUT2D eigenvalue weighted by atomic mass is 10.1. The summed E-state index contributed by atoms with van der Waals surface area (Å²) in [6.45, 7) is 3.64. The first-order valence-corrected chi connectivity index (χ1v) is 10.5. The molecule has 0 saturated carbocycles. The molecule has 0 bridgehead atoms. The molecule has 0 radical (unpaired) electrons. The van der Waals surface area contributed by atoms with E-state index in [1.54, 1.807) is 17.0 Å². The van der Waals surface area contributed by atoms with Crippen molar-refractivity contribution in [3.05, 3.63) is 27.7 Å². The number of rotatable bonds is 9. The van der Waals surface area contributed by atoms with E-state index in [0.717, 1.165) is 12.8 Å². The standard InChI is InChI=1S/C20H27Cl2NO3/c1-2-3-4-5-6-7-8-9-12-23-18-15(10-11-16(21)17(18)22)20(19(23)24)25-13-14-26-20/h10-11H,2-9,12-14H2,1H3. The average molecular weight is 400 g/mol. The Morgan fingerprint density at radius 3 is 2.27 bits per heavy atom. The van der Waals surface area contributed by atoms with Crippen LogP contribution < -0.4 is 4.90 Å². The fourth-order valence-corrected chi connectivity index (χ4v) is 4.19. The van der Waals surface area contributed by atoms with E-state index < -0.39 is 5.79 Å². The lowest BCUT2D eigenvalue weighted by Gasteiger charge is -2.22. The van der Waals surface area contributed by atoms with Gasteiger partial charge in [-0.15, -0.1) is 0 Å². The lowest BCUT2D eigenvalue weighted by molar-refractivity contribution is -0.180. The Labute approximate surface area is 165 Å². The molecule has 0 aliphatic carbocycles. The SMILES string of the molecule is CCCCCCCCCCN1C(=O)C2(OCCO2)c2ccc(Cl)c(Cl)c21. The van der Waals surface area contributed by atoms with Gasteiger partial charge in [0.2, 0.25) is 0 Å². The molecule has 3 rings (SSSR count). The third-order valence-corrected chi connectivity index (χ3v) is 5.94. The van der Waals surface area contributed by atoms with Crippen LogP contribution in [0.2, 0.25) is 10.0 Å². The van der Waals surface area contributed by atoms with Crippen LogP contribution in [-0.2, 0) is 20.1 Å². The number of amides is 1. The zero-order valence-electron chi connectivity index (χ0n) is 15.4. The van der Waals surface area contributed by atoms with E-state index in [1.165, 1.54) is 38.5 Å². The molecule has 0 N–H and O–H groups in total. The molecule has 6 heteroatoms. The van der Waals surface area contributed by atoms with Crippen molar-refractivity contribution in [3.63, 3.8) is 0 Å². The van der Waals surface area contributed by atoms with Crippen LogP contribution in [0.25, 0.3) is 0 Å². The van der Waals surface area contributed by atoms with Gasteiger partial charge < -0.3 is 14.4 Å². The second-order valence-corrected chi connectivity index (χ2v) is 7.79. The Kier molecular flexibility index (Phi) is 6.84. The molecular formula is C20H27Cl2NO3. The highest BCUT2D eigenvalue weighted by atomic mass is 35.5. The molecule has 0 aromatic heterocycles. The van der Waals surface area contributed by atoms with Gasteiger partial charge >= 0.3 is 0 Å². The summed E-state index contributed by atoms with van der Waals surface area (Å²) in [5, 5.41) is 0.835. The third-order valence-electron chi connectivity index (χ3n) is 5.15. The Morgan fingerprint density at radius 1 is 1.00 bits per heavy atom. The van der Waals surface area contributed by atoms with Gasteiger partial charge in [0.05, 0.1) is 28.9 Å². The van der Waals surface area contributed by atoms with Crippen molar-refractivity contribution < 1.29 is 14.3 Å². The van der Waals surface area contributed by atoms with E-state index in [4.69, 9.17) is 32.7 Å². The van der Waals surface area contributed by atoms with Crippen LogP contribution in [0.15, 0.2) is 12.1 Å². The molecule has 1 spiro atoms. The van der Waals surface area contributed by atoms with Crippen molar-refractivity contribution in [3.8, 4) is 0 Å². The number of benzene rings is 1. The monoisotopic (exact) mass is 399 g/mol. The summed E-state index contributed by atoms with van der Waals surface area (Å²) in [6, 6.07) is 3.49. The molecule has 2 heterocycles. The maximum absolute atomic E-state index is 13.1. The molecular weight excluding hydrogens is 373 g/mol. The molecule has 26 heavy (non-hydrogen) atoms. The van der Waals surface area contributed by atoms with Crippen molar-refractivity contribution in [1.29, 1.82) is 0 Å². The van der Waals surface area contributed by atoms with E-state index in [2.05, 4.69) is 6.92 Å². The van der Waals surface area contributed by atoms with Gasteiger partial charge in [0.15, 0.2) is 0 Å². The Hall–Kier alpha value is -0.810. The van der Waals surface area contributed by atoms with Crippen molar-refractivity contribution in [2.24, 2.45) is 0 Å². The molecule has 0 unspecified atom stereocenters. The van der Waals surface area contributed by atoms with E-state index in [1.807, 2.05) is 0 Å². The summed E-state index contributed by atoms with van der Waals surface area (Å²) in [5.41, 5.74) is 1.32. The quantitative estimate of drug-likeness (QED) is 0.501. The van der Waals surface area contributed by atoms with Crippen LogP contribution in [0, 0.1) is 0 Å². The Bertz CT molecular complexity index is 644. The van der Waals surface area contributed by atoms with Crippen LogP contribution in [0.4, 0.5) is 5.69 Å². The average Bonchev–Trinajstić information content (AvgIpc) is 3.21. The molecule has 2 aliphatic rings. The van der Waals surface area contributed by atoms with Crippen LogP contribution in [0.1, 0.15) is 63.9 Å². The van der Waals surface area contributed by atoms with Gasteiger partial charge in [-0.25, -0.2) is 0 Å². The number of anilines is 1. The van der Waals surface area contributed by atoms with Gasteiger partial charge in [0, 0.05) is 12.1 Å². The van der Waals surface area contributed by atoms with Crippen molar-refractivity contribution in [2.75, 3.05) is 24.7 Å². The van der Waals surface area contributed by atoms with Crippen LogP contribution in [0.5, 0.6) is 0 Å². The highest BCUT2D eigenvalue weighted by Gasteiger charge is 2.56. The number of halogens is 2. The zero-order valence-corrected chi connectivity index (χ0v) is 16.9. The summed E-state index contributed by atoms with van der Waals surface area (Å²) in [4.78, 5) is 14.8. The van der Waals surface area contributed by atoms with E-state index in [-0.39, 0.29) is 5.91 Å². The minimum absolute atomic E-state index is 0.183. The summed E-state index contributed by atoms with van der Waals surface area (Å²) < 4.78 is 11.5. The Balaban J connectivity index is 1.63. The van der Waals surface area contributed by atoms with E-state index >= 15 is 0 Å². The largest absolute Gasteiger partial charge is 0.336 e. The van der Waals surface area contributed by atoms with Crippen LogP contribution in [-0.4, -0.2) is 25.7 Å². The zero-order chi connectivity index (χ0) is 18.6. The molecule has 1 amide bonds. The molecule has 1 aromatic carbocycles. The molecule has 1 saturated heterocycles. The van der Waals surface area contributed by atoms with Crippen molar-refractivity contribution in [1.82, 2.24) is 0 Å². The second kappa shape index (κ2) is 8.92. The van der Waals surface area contributed by atoms with E-state index in [0.29, 0.717) is 41.1 Å². The summed E-state index contributed by atoms with van der Waals surface area (Å²) in [7, 11) is 0. The topological polar surface area (TPSA) is 38.8 Å². The van der Waals surface area contributed by atoms with Gasteiger partial charge in [0.1, 0.15) is 0 Å². The molecule has 0 atom stereocenters. The minimum atomic E-state index is -1.33. The number of ether oxygens (including phenoxy) is 2.